The molecular formula is C15H19BrFNO2. The van der Waals surface area contributed by atoms with Gasteiger partial charge < -0.3 is 10.1 Å². The Kier molecular flexibility index (Phi) is 5.40. The van der Waals surface area contributed by atoms with Gasteiger partial charge >= 0.3 is 0 Å². The summed E-state index contributed by atoms with van der Waals surface area (Å²) in [6.07, 6.45) is 4.39. The van der Waals surface area contributed by atoms with Crippen LogP contribution in [0.3, 0.4) is 0 Å². The number of carbonyl (C=O) groups is 1. The average Bonchev–Trinajstić information content (AvgIpc) is 2.40. The third-order valence-corrected chi connectivity index (χ3v) is 4.25. The molecule has 1 aliphatic carbocycles. The summed E-state index contributed by atoms with van der Waals surface area (Å²) >= 11 is 3.21. The van der Waals surface area contributed by atoms with E-state index in [2.05, 4.69) is 28.2 Å². The number of halogens is 2. The Hall–Kier alpha value is -1.10. The van der Waals surface area contributed by atoms with Crippen LogP contribution in [-0.4, -0.2) is 18.6 Å². The number of ether oxygens (including phenoxy) is 1. The fourth-order valence-electron chi connectivity index (χ4n) is 2.41. The molecule has 0 atom stereocenters. The zero-order valence-electron chi connectivity index (χ0n) is 11.5. The normalized spacial score (nSPS) is 22.4. The quantitative estimate of drug-likeness (QED) is 0.905. The molecular weight excluding hydrogens is 325 g/mol. The first kappa shape index (κ1) is 15.3. The molecule has 1 N–H and O–H groups in total. The van der Waals surface area contributed by atoms with E-state index in [4.69, 9.17) is 4.74 Å². The maximum atomic E-state index is 12.9. The molecule has 2 rings (SSSR count). The van der Waals surface area contributed by atoms with Gasteiger partial charge in [-0.15, -0.1) is 0 Å². The van der Waals surface area contributed by atoms with Gasteiger partial charge in [0.15, 0.2) is 6.61 Å². The average molecular weight is 344 g/mol. The second-order valence-electron chi connectivity index (χ2n) is 5.39. The van der Waals surface area contributed by atoms with Gasteiger partial charge in [0.05, 0.1) is 4.47 Å². The molecule has 1 fully saturated rings. The molecule has 0 spiro atoms. The summed E-state index contributed by atoms with van der Waals surface area (Å²) in [6, 6.07) is 4.39. The van der Waals surface area contributed by atoms with Gasteiger partial charge in [0, 0.05) is 6.04 Å². The standard InChI is InChI=1S/C15H19BrFNO2/c1-10-2-5-12(6-3-10)18-15(19)9-20-14-7-4-11(17)8-13(14)16/h4,7-8,10,12H,2-3,5-6,9H2,1H3,(H,18,19). The van der Waals surface area contributed by atoms with Gasteiger partial charge in [-0.25, -0.2) is 4.39 Å². The zero-order valence-corrected chi connectivity index (χ0v) is 13.1. The van der Waals surface area contributed by atoms with E-state index in [9.17, 15) is 9.18 Å². The molecule has 1 aromatic carbocycles. The van der Waals surface area contributed by atoms with Crippen molar-refractivity contribution in [1.82, 2.24) is 5.32 Å². The molecule has 0 bridgehead atoms. The van der Waals surface area contributed by atoms with Crippen molar-refractivity contribution < 1.29 is 13.9 Å². The van der Waals surface area contributed by atoms with E-state index in [1.54, 1.807) is 0 Å². The smallest absolute Gasteiger partial charge is 0.258 e. The lowest BCUT2D eigenvalue weighted by molar-refractivity contribution is -0.124. The molecule has 0 heterocycles. The minimum absolute atomic E-state index is 0.0454. The third kappa shape index (κ3) is 4.47. The molecule has 0 aromatic heterocycles. The summed E-state index contributed by atoms with van der Waals surface area (Å²) in [5, 5.41) is 2.99. The first-order valence-corrected chi connectivity index (χ1v) is 7.71. The number of rotatable bonds is 4. The maximum absolute atomic E-state index is 12.9. The Labute approximate surface area is 127 Å². The predicted octanol–water partition coefficient (Wildman–Crippen LogP) is 3.66. The Morgan fingerprint density at radius 3 is 2.75 bits per heavy atom. The SMILES string of the molecule is CC1CCC(NC(=O)COc2ccc(F)cc2Br)CC1. The van der Waals surface area contributed by atoms with Gasteiger partial charge in [-0.1, -0.05) is 6.92 Å². The number of carbonyl (C=O) groups excluding carboxylic acids is 1. The van der Waals surface area contributed by atoms with E-state index in [1.165, 1.54) is 18.2 Å². The van der Waals surface area contributed by atoms with Crippen LogP contribution in [0.25, 0.3) is 0 Å². The number of hydrogen-bond acceptors (Lipinski definition) is 2. The Balaban J connectivity index is 1.77. The van der Waals surface area contributed by atoms with Gasteiger partial charge in [0.2, 0.25) is 0 Å². The van der Waals surface area contributed by atoms with Gasteiger partial charge in [-0.3, -0.25) is 4.79 Å². The van der Waals surface area contributed by atoms with Crippen LogP contribution in [-0.2, 0) is 4.79 Å². The molecule has 0 unspecified atom stereocenters. The molecule has 1 aliphatic rings. The highest BCUT2D eigenvalue weighted by Crippen LogP contribution is 2.25. The highest BCUT2D eigenvalue weighted by atomic mass is 79.9. The first-order chi connectivity index (χ1) is 9.54. The molecule has 110 valence electrons. The second-order valence-corrected chi connectivity index (χ2v) is 6.24. The van der Waals surface area contributed by atoms with Crippen molar-refractivity contribution in [3.8, 4) is 5.75 Å². The Morgan fingerprint density at radius 2 is 2.10 bits per heavy atom. The van der Waals surface area contributed by atoms with Crippen LogP contribution in [0.5, 0.6) is 5.75 Å². The summed E-state index contributed by atoms with van der Waals surface area (Å²) in [6.45, 7) is 2.20. The summed E-state index contributed by atoms with van der Waals surface area (Å²) in [7, 11) is 0. The van der Waals surface area contributed by atoms with Crippen LogP contribution in [0.4, 0.5) is 4.39 Å². The molecule has 5 heteroatoms. The molecule has 1 aromatic rings. The van der Waals surface area contributed by atoms with Crippen molar-refractivity contribution >= 4 is 21.8 Å². The molecule has 0 radical (unpaired) electrons. The van der Waals surface area contributed by atoms with Gasteiger partial charge in [-0.05, 0) is 65.7 Å². The van der Waals surface area contributed by atoms with Crippen molar-refractivity contribution in [2.75, 3.05) is 6.61 Å². The molecule has 0 saturated heterocycles. The predicted molar refractivity (Wildman–Crippen MR) is 79.2 cm³/mol. The number of nitrogens with one attached hydrogen (secondary N) is 1. The molecule has 0 aliphatic heterocycles. The molecule has 20 heavy (non-hydrogen) atoms. The molecule has 1 amide bonds. The number of amides is 1. The Bertz CT molecular complexity index is 473. The van der Waals surface area contributed by atoms with E-state index < -0.39 is 0 Å². The van der Waals surface area contributed by atoms with E-state index in [-0.39, 0.29) is 24.4 Å². The highest BCUT2D eigenvalue weighted by Gasteiger charge is 2.19. The van der Waals surface area contributed by atoms with E-state index >= 15 is 0 Å². The topological polar surface area (TPSA) is 38.3 Å². The summed E-state index contributed by atoms with van der Waals surface area (Å²) in [5.41, 5.74) is 0. The molecule has 1 saturated carbocycles. The number of benzene rings is 1. The van der Waals surface area contributed by atoms with Crippen molar-refractivity contribution in [3.63, 3.8) is 0 Å². The number of hydrogen-bond donors (Lipinski definition) is 1. The van der Waals surface area contributed by atoms with Crippen molar-refractivity contribution in [2.24, 2.45) is 5.92 Å². The monoisotopic (exact) mass is 343 g/mol. The van der Waals surface area contributed by atoms with Crippen LogP contribution in [0, 0.1) is 11.7 Å². The third-order valence-electron chi connectivity index (χ3n) is 3.63. The lowest BCUT2D eigenvalue weighted by Gasteiger charge is -2.26. The van der Waals surface area contributed by atoms with Crippen LogP contribution >= 0.6 is 15.9 Å². The summed E-state index contributed by atoms with van der Waals surface area (Å²) in [4.78, 5) is 11.8. The van der Waals surface area contributed by atoms with Crippen LogP contribution in [0.1, 0.15) is 32.6 Å². The second kappa shape index (κ2) is 7.07. The summed E-state index contributed by atoms with van der Waals surface area (Å²) < 4.78 is 18.8. The fourth-order valence-corrected chi connectivity index (χ4v) is 2.87. The largest absolute Gasteiger partial charge is 0.483 e. The van der Waals surface area contributed by atoms with Crippen LogP contribution in [0.15, 0.2) is 22.7 Å². The maximum Gasteiger partial charge on any atom is 0.258 e. The minimum atomic E-state index is -0.343. The van der Waals surface area contributed by atoms with Gasteiger partial charge in [0.25, 0.3) is 5.91 Å². The highest BCUT2D eigenvalue weighted by molar-refractivity contribution is 9.10. The van der Waals surface area contributed by atoms with E-state index in [0.29, 0.717) is 10.2 Å². The van der Waals surface area contributed by atoms with Gasteiger partial charge in [-0.2, -0.15) is 0 Å². The van der Waals surface area contributed by atoms with Crippen LogP contribution < -0.4 is 10.1 Å². The fraction of sp³-hybridized carbons (Fsp3) is 0.533. The van der Waals surface area contributed by atoms with Crippen molar-refractivity contribution in [2.45, 2.75) is 38.6 Å². The van der Waals surface area contributed by atoms with Gasteiger partial charge in [0.1, 0.15) is 11.6 Å². The van der Waals surface area contributed by atoms with Crippen LogP contribution in [0.2, 0.25) is 0 Å². The van der Waals surface area contributed by atoms with E-state index in [0.717, 1.165) is 31.6 Å². The Morgan fingerprint density at radius 1 is 1.40 bits per heavy atom. The minimum Gasteiger partial charge on any atom is -0.483 e. The lowest BCUT2D eigenvalue weighted by Crippen LogP contribution is -2.39. The lowest BCUT2D eigenvalue weighted by atomic mass is 9.87. The summed E-state index contributed by atoms with van der Waals surface area (Å²) in [5.74, 6) is 0.763. The molecule has 3 nitrogen and oxygen atoms in total. The van der Waals surface area contributed by atoms with Crippen molar-refractivity contribution in [1.29, 1.82) is 0 Å². The van der Waals surface area contributed by atoms with E-state index in [1.807, 2.05) is 0 Å². The zero-order chi connectivity index (χ0) is 14.5. The first-order valence-electron chi connectivity index (χ1n) is 6.92. The van der Waals surface area contributed by atoms with Crippen molar-refractivity contribution in [3.05, 3.63) is 28.5 Å².